The van der Waals surface area contributed by atoms with Gasteiger partial charge in [-0.25, -0.2) is 4.79 Å². The minimum absolute atomic E-state index is 0.0603. The minimum atomic E-state index is -0.669. The number of methoxy groups -OCH3 is 1. The van der Waals surface area contributed by atoms with E-state index < -0.39 is 5.97 Å². The van der Waals surface area contributed by atoms with Crippen LogP contribution in [0.1, 0.15) is 10.6 Å². The lowest BCUT2D eigenvalue weighted by molar-refractivity contribution is -0.135. The monoisotopic (exact) mass is 259 g/mol. The minimum Gasteiger partial charge on any atom is -0.465 e. The smallest absolute Gasteiger partial charge is 0.349 e. The highest BCUT2D eigenvalue weighted by Gasteiger charge is 2.21. The van der Waals surface area contributed by atoms with Crippen LogP contribution in [0, 0.1) is 11.3 Å². The fourth-order valence-electron chi connectivity index (χ4n) is 1.52. The van der Waals surface area contributed by atoms with Crippen molar-refractivity contribution in [1.82, 2.24) is 0 Å². The van der Waals surface area contributed by atoms with E-state index in [1.165, 1.54) is 24.7 Å². The molecule has 0 unspecified atom stereocenters. The molecule has 2 aromatic rings. The second-order valence-corrected chi connectivity index (χ2v) is 4.26. The Morgan fingerprint density at radius 2 is 2.28 bits per heavy atom. The Morgan fingerprint density at radius 1 is 1.44 bits per heavy atom. The van der Waals surface area contributed by atoms with Crippen LogP contribution < -0.4 is 0 Å². The SMILES string of the molecule is COC(=O)/C(C#N)=C(/c1ccco1)c1cccs1. The molecule has 18 heavy (non-hydrogen) atoms. The van der Waals surface area contributed by atoms with E-state index in [9.17, 15) is 4.79 Å². The first kappa shape index (κ1) is 12.1. The van der Waals surface area contributed by atoms with Crippen LogP contribution in [0.15, 0.2) is 45.9 Å². The summed E-state index contributed by atoms with van der Waals surface area (Å²) in [6, 6.07) is 8.95. The van der Waals surface area contributed by atoms with Crippen molar-refractivity contribution in [2.24, 2.45) is 0 Å². The van der Waals surface area contributed by atoms with E-state index in [4.69, 9.17) is 9.68 Å². The third-order valence-corrected chi connectivity index (χ3v) is 3.17. The Labute approximate surface area is 108 Å². The van der Waals surface area contributed by atoms with Crippen molar-refractivity contribution >= 4 is 22.9 Å². The standard InChI is InChI=1S/C13H9NO3S/c1-16-13(15)9(8-14)12(10-4-2-6-17-10)11-5-3-7-18-11/h2-7H,1H3/b12-9-. The topological polar surface area (TPSA) is 63.2 Å². The quantitative estimate of drug-likeness (QED) is 0.483. The van der Waals surface area contributed by atoms with Gasteiger partial charge in [0.25, 0.3) is 0 Å². The van der Waals surface area contributed by atoms with Gasteiger partial charge < -0.3 is 9.15 Å². The normalized spacial score (nSPS) is 11.6. The van der Waals surface area contributed by atoms with E-state index in [-0.39, 0.29) is 5.57 Å². The molecule has 0 aliphatic carbocycles. The highest BCUT2D eigenvalue weighted by Crippen LogP contribution is 2.30. The van der Waals surface area contributed by atoms with Crippen molar-refractivity contribution in [2.45, 2.75) is 0 Å². The molecule has 0 saturated heterocycles. The molecule has 0 aliphatic rings. The van der Waals surface area contributed by atoms with Crippen molar-refractivity contribution in [1.29, 1.82) is 5.26 Å². The predicted octanol–water partition coefficient (Wildman–Crippen LogP) is 2.84. The van der Waals surface area contributed by atoms with Crippen LogP contribution in [-0.2, 0) is 9.53 Å². The summed E-state index contributed by atoms with van der Waals surface area (Å²) in [4.78, 5) is 12.4. The number of carbonyl (C=O) groups is 1. The molecule has 90 valence electrons. The number of nitrogens with zero attached hydrogens (tertiary/aromatic N) is 1. The average Bonchev–Trinajstić information content (AvgIpc) is 3.07. The van der Waals surface area contributed by atoms with E-state index in [2.05, 4.69) is 4.74 Å². The van der Waals surface area contributed by atoms with Gasteiger partial charge in [-0.2, -0.15) is 5.26 Å². The van der Waals surface area contributed by atoms with Gasteiger partial charge in [-0.1, -0.05) is 6.07 Å². The van der Waals surface area contributed by atoms with Gasteiger partial charge in [0.2, 0.25) is 0 Å². The van der Waals surface area contributed by atoms with Gasteiger partial charge in [-0.05, 0) is 23.6 Å². The highest BCUT2D eigenvalue weighted by molar-refractivity contribution is 7.11. The van der Waals surface area contributed by atoms with Gasteiger partial charge in [0, 0.05) is 4.88 Å². The summed E-state index contributed by atoms with van der Waals surface area (Å²) < 4.78 is 9.91. The Balaban J connectivity index is 2.66. The molecular formula is C13H9NO3S. The van der Waals surface area contributed by atoms with Gasteiger partial charge >= 0.3 is 5.97 Å². The molecule has 0 spiro atoms. The number of thiophene rings is 1. The van der Waals surface area contributed by atoms with Crippen molar-refractivity contribution < 1.29 is 13.9 Å². The predicted molar refractivity (Wildman–Crippen MR) is 66.7 cm³/mol. The van der Waals surface area contributed by atoms with Crippen LogP contribution in [0.2, 0.25) is 0 Å². The number of nitriles is 1. The van der Waals surface area contributed by atoms with Gasteiger partial charge in [0.1, 0.15) is 17.4 Å². The fourth-order valence-corrected chi connectivity index (χ4v) is 2.30. The number of ether oxygens (including phenoxy) is 1. The molecule has 0 atom stereocenters. The summed E-state index contributed by atoms with van der Waals surface area (Å²) in [5.74, 6) is -0.197. The Bertz CT molecular complexity index is 567. The second-order valence-electron chi connectivity index (χ2n) is 3.31. The lowest BCUT2D eigenvalue weighted by atomic mass is 10.1. The molecule has 2 heterocycles. The third-order valence-electron chi connectivity index (χ3n) is 2.29. The average molecular weight is 259 g/mol. The Hall–Kier alpha value is -2.32. The Morgan fingerprint density at radius 3 is 2.78 bits per heavy atom. The highest BCUT2D eigenvalue weighted by atomic mass is 32.1. The van der Waals surface area contributed by atoms with Crippen LogP contribution in [0.5, 0.6) is 0 Å². The van der Waals surface area contributed by atoms with Crippen molar-refractivity contribution in [3.8, 4) is 6.07 Å². The van der Waals surface area contributed by atoms with Crippen LogP contribution in [0.3, 0.4) is 0 Å². The van der Waals surface area contributed by atoms with Gasteiger partial charge in [-0.3, -0.25) is 0 Å². The number of carbonyl (C=O) groups excluding carboxylic acids is 1. The summed E-state index contributed by atoms with van der Waals surface area (Å²) in [6.45, 7) is 0. The van der Waals surface area contributed by atoms with Crippen molar-refractivity contribution in [3.63, 3.8) is 0 Å². The number of rotatable bonds is 3. The molecule has 2 aromatic heterocycles. The maximum atomic E-state index is 11.6. The molecule has 0 amide bonds. The zero-order valence-electron chi connectivity index (χ0n) is 9.54. The largest absolute Gasteiger partial charge is 0.465 e. The number of hydrogen-bond donors (Lipinski definition) is 0. The molecule has 0 bridgehead atoms. The van der Waals surface area contributed by atoms with E-state index in [0.29, 0.717) is 11.3 Å². The van der Waals surface area contributed by atoms with E-state index >= 15 is 0 Å². The van der Waals surface area contributed by atoms with Gasteiger partial charge in [0.05, 0.1) is 18.9 Å². The summed E-state index contributed by atoms with van der Waals surface area (Å²) in [7, 11) is 1.24. The van der Waals surface area contributed by atoms with Crippen molar-refractivity contribution in [2.75, 3.05) is 7.11 Å². The summed E-state index contributed by atoms with van der Waals surface area (Å²) in [5, 5.41) is 11.0. The zero-order valence-corrected chi connectivity index (χ0v) is 10.4. The third kappa shape index (κ3) is 2.19. The van der Waals surface area contributed by atoms with E-state index in [1.807, 2.05) is 23.6 Å². The van der Waals surface area contributed by atoms with E-state index in [1.54, 1.807) is 12.1 Å². The van der Waals surface area contributed by atoms with Gasteiger partial charge in [-0.15, -0.1) is 11.3 Å². The van der Waals surface area contributed by atoms with Gasteiger partial charge in [0.15, 0.2) is 0 Å². The molecule has 0 fully saturated rings. The first-order chi connectivity index (χ1) is 8.77. The number of esters is 1. The number of furan rings is 1. The maximum Gasteiger partial charge on any atom is 0.349 e. The van der Waals surface area contributed by atoms with Crippen LogP contribution in [0.25, 0.3) is 5.57 Å². The van der Waals surface area contributed by atoms with Crippen LogP contribution >= 0.6 is 11.3 Å². The summed E-state index contributed by atoms with van der Waals surface area (Å²) in [6.07, 6.45) is 1.50. The van der Waals surface area contributed by atoms with E-state index in [0.717, 1.165) is 4.88 Å². The first-order valence-electron chi connectivity index (χ1n) is 5.08. The summed E-state index contributed by atoms with van der Waals surface area (Å²) >= 11 is 1.42. The molecule has 4 nitrogen and oxygen atoms in total. The molecule has 0 saturated carbocycles. The number of hydrogen-bond acceptors (Lipinski definition) is 5. The molecule has 2 rings (SSSR count). The molecule has 0 aromatic carbocycles. The zero-order chi connectivity index (χ0) is 13.0. The van der Waals surface area contributed by atoms with Crippen molar-refractivity contribution in [3.05, 3.63) is 52.1 Å². The molecular weight excluding hydrogens is 250 g/mol. The second kappa shape index (κ2) is 5.34. The maximum absolute atomic E-state index is 11.6. The fraction of sp³-hybridized carbons (Fsp3) is 0.0769. The summed E-state index contributed by atoms with van der Waals surface area (Å²) in [5.41, 5.74) is 0.402. The lowest BCUT2D eigenvalue weighted by Crippen LogP contribution is -2.06. The molecule has 0 aliphatic heterocycles. The molecule has 0 N–H and O–H groups in total. The first-order valence-corrected chi connectivity index (χ1v) is 5.96. The van der Waals surface area contributed by atoms with Crippen LogP contribution in [-0.4, -0.2) is 13.1 Å². The Kier molecular flexibility index (Phi) is 3.60. The van der Waals surface area contributed by atoms with Crippen LogP contribution in [0.4, 0.5) is 0 Å². The molecule has 0 radical (unpaired) electrons. The molecule has 5 heteroatoms. The lowest BCUT2D eigenvalue weighted by Gasteiger charge is -2.04.